The second-order valence-electron chi connectivity index (χ2n) is 5.66. The normalized spacial score (nSPS) is 34.1. The van der Waals surface area contributed by atoms with Gasteiger partial charge in [0, 0.05) is 6.61 Å². The summed E-state index contributed by atoms with van der Waals surface area (Å²) in [6.07, 6.45) is 2.76. The average Bonchev–Trinajstić information content (AvgIpc) is 2.43. The molecule has 2 rings (SSSR count). The van der Waals surface area contributed by atoms with Crippen molar-refractivity contribution in [1.82, 2.24) is 10.2 Å². The summed E-state index contributed by atoms with van der Waals surface area (Å²) in [4.78, 5) is 26.5. The molecule has 0 spiro atoms. The van der Waals surface area contributed by atoms with Crippen LogP contribution in [0.2, 0.25) is 0 Å². The Hall–Kier alpha value is -1.10. The summed E-state index contributed by atoms with van der Waals surface area (Å²) in [5.74, 6) is 0.170. The summed E-state index contributed by atoms with van der Waals surface area (Å²) in [6, 6.07) is -0.719. The number of carbonyl (C=O) groups is 2. The number of ether oxygens (including phenoxy) is 1. The molecule has 2 saturated heterocycles. The highest BCUT2D eigenvalue weighted by atomic mass is 16.5. The van der Waals surface area contributed by atoms with Crippen molar-refractivity contribution in [2.45, 2.75) is 58.2 Å². The van der Waals surface area contributed by atoms with Gasteiger partial charge in [0.2, 0.25) is 11.8 Å². The number of piperazine rings is 1. The van der Waals surface area contributed by atoms with Crippen LogP contribution in [0.4, 0.5) is 0 Å². The van der Waals surface area contributed by atoms with Gasteiger partial charge in [-0.1, -0.05) is 20.3 Å². The van der Waals surface area contributed by atoms with Crippen LogP contribution >= 0.6 is 0 Å². The molecule has 0 saturated carbocycles. The van der Waals surface area contributed by atoms with Crippen molar-refractivity contribution < 1.29 is 14.3 Å². The van der Waals surface area contributed by atoms with E-state index < -0.39 is 0 Å². The van der Waals surface area contributed by atoms with E-state index >= 15 is 0 Å². The highest BCUT2D eigenvalue weighted by Gasteiger charge is 2.43. The van der Waals surface area contributed by atoms with Gasteiger partial charge in [0.1, 0.15) is 12.1 Å². The van der Waals surface area contributed by atoms with Crippen LogP contribution in [0, 0.1) is 5.92 Å². The third-order valence-electron chi connectivity index (χ3n) is 4.36. The maximum absolute atomic E-state index is 12.6. The van der Waals surface area contributed by atoms with Crippen LogP contribution in [0.3, 0.4) is 0 Å². The first-order valence-corrected chi connectivity index (χ1v) is 7.26. The molecule has 5 heteroatoms. The molecular formula is C14H24N2O3. The van der Waals surface area contributed by atoms with E-state index in [-0.39, 0.29) is 35.9 Å². The molecule has 2 heterocycles. The zero-order valence-corrected chi connectivity index (χ0v) is 12.0. The molecule has 2 aliphatic heterocycles. The van der Waals surface area contributed by atoms with Crippen LogP contribution in [-0.4, -0.2) is 48.1 Å². The van der Waals surface area contributed by atoms with Crippen molar-refractivity contribution >= 4 is 11.8 Å². The van der Waals surface area contributed by atoms with Gasteiger partial charge in [-0.25, -0.2) is 0 Å². The van der Waals surface area contributed by atoms with Crippen LogP contribution in [0.15, 0.2) is 0 Å². The lowest BCUT2D eigenvalue weighted by molar-refractivity contribution is -0.156. The van der Waals surface area contributed by atoms with Crippen LogP contribution in [0.5, 0.6) is 0 Å². The topological polar surface area (TPSA) is 58.6 Å². The number of hydrogen-bond donors (Lipinski definition) is 1. The first-order valence-electron chi connectivity index (χ1n) is 7.26. The monoisotopic (exact) mass is 268 g/mol. The summed E-state index contributed by atoms with van der Waals surface area (Å²) in [7, 11) is 0. The van der Waals surface area contributed by atoms with Gasteiger partial charge in [0.25, 0.3) is 0 Å². The summed E-state index contributed by atoms with van der Waals surface area (Å²) in [5, 5.41) is 2.86. The fourth-order valence-corrected chi connectivity index (χ4v) is 2.87. The number of carbonyl (C=O) groups excluding carboxylic acids is 2. The molecule has 2 aliphatic rings. The maximum atomic E-state index is 12.6. The Morgan fingerprint density at radius 3 is 2.79 bits per heavy atom. The minimum atomic E-state index is -0.389. The molecule has 108 valence electrons. The van der Waals surface area contributed by atoms with Gasteiger partial charge < -0.3 is 15.0 Å². The van der Waals surface area contributed by atoms with Crippen LogP contribution in [-0.2, 0) is 14.3 Å². The Labute approximate surface area is 114 Å². The molecule has 0 aromatic rings. The summed E-state index contributed by atoms with van der Waals surface area (Å²) >= 11 is 0. The molecule has 0 aliphatic carbocycles. The van der Waals surface area contributed by atoms with Gasteiger partial charge in [0.05, 0.1) is 12.6 Å². The summed E-state index contributed by atoms with van der Waals surface area (Å²) in [5.41, 5.74) is 0. The van der Waals surface area contributed by atoms with E-state index in [1.165, 1.54) is 0 Å². The predicted octanol–water partition coefficient (Wildman–Crippen LogP) is 0.927. The first-order chi connectivity index (χ1) is 9.06. The lowest BCUT2D eigenvalue weighted by Crippen LogP contribution is -2.67. The molecule has 2 amide bonds. The van der Waals surface area contributed by atoms with E-state index in [1.807, 2.05) is 13.8 Å². The van der Waals surface area contributed by atoms with Crippen LogP contribution < -0.4 is 5.32 Å². The third-order valence-corrected chi connectivity index (χ3v) is 4.36. The number of nitrogens with one attached hydrogen (secondary N) is 1. The maximum Gasteiger partial charge on any atom is 0.246 e. The number of nitrogens with zero attached hydrogens (tertiary/aromatic N) is 1. The Morgan fingerprint density at radius 1 is 1.47 bits per heavy atom. The van der Waals surface area contributed by atoms with Crippen LogP contribution in [0.1, 0.15) is 40.0 Å². The SMILES string of the molecule is CCC(C)C1NC(=O)C(C)N(C2CCCOC2)C1=O. The van der Waals surface area contributed by atoms with Crippen molar-refractivity contribution in [1.29, 1.82) is 0 Å². The van der Waals surface area contributed by atoms with Gasteiger partial charge >= 0.3 is 0 Å². The lowest BCUT2D eigenvalue weighted by atomic mass is 9.92. The minimum Gasteiger partial charge on any atom is -0.379 e. The fraction of sp³-hybridized carbons (Fsp3) is 0.857. The van der Waals surface area contributed by atoms with Crippen molar-refractivity contribution in [3.63, 3.8) is 0 Å². The number of rotatable bonds is 3. The highest BCUT2D eigenvalue weighted by molar-refractivity contribution is 5.97. The van der Waals surface area contributed by atoms with Crippen molar-refractivity contribution in [3.8, 4) is 0 Å². The van der Waals surface area contributed by atoms with Gasteiger partial charge in [-0.3, -0.25) is 9.59 Å². The molecule has 0 radical (unpaired) electrons. The molecule has 0 bridgehead atoms. The van der Waals surface area contributed by atoms with E-state index in [0.717, 1.165) is 25.9 Å². The van der Waals surface area contributed by atoms with Gasteiger partial charge in [-0.15, -0.1) is 0 Å². The van der Waals surface area contributed by atoms with Crippen LogP contribution in [0.25, 0.3) is 0 Å². The Bertz CT molecular complexity index is 353. The molecule has 1 N–H and O–H groups in total. The smallest absolute Gasteiger partial charge is 0.246 e. The second kappa shape index (κ2) is 5.90. The third kappa shape index (κ3) is 2.76. The van der Waals surface area contributed by atoms with Gasteiger partial charge in [-0.05, 0) is 25.7 Å². The number of amides is 2. The van der Waals surface area contributed by atoms with Crippen molar-refractivity contribution in [2.24, 2.45) is 5.92 Å². The largest absolute Gasteiger partial charge is 0.379 e. The molecular weight excluding hydrogens is 244 g/mol. The minimum absolute atomic E-state index is 0.0459. The Balaban J connectivity index is 2.18. The molecule has 5 nitrogen and oxygen atoms in total. The zero-order valence-electron chi connectivity index (χ0n) is 12.0. The Kier molecular flexibility index (Phi) is 4.45. The van der Waals surface area contributed by atoms with E-state index in [0.29, 0.717) is 6.61 Å². The Morgan fingerprint density at radius 2 is 2.21 bits per heavy atom. The van der Waals surface area contributed by atoms with E-state index in [9.17, 15) is 9.59 Å². The first kappa shape index (κ1) is 14.3. The predicted molar refractivity (Wildman–Crippen MR) is 71.5 cm³/mol. The van der Waals surface area contributed by atoms with Gasteiger partial charge in [-0.2, -0.15) is 0 Å². The summed E-state index contributed by atoms with van der Waals surface area (Å²) in [6.45, 7) is 7.16. The quantitative estimate of drug-likeness (QED) is 0.828. The molecule has 4 unspecified atom stereocenters. The van der Waals surface area contributed by atoms with Crippen molar-refractivity contribution in [2.75, 3.05) is 13.2 Å². The zero-order chi connectivity index (χ0) is 14.0. The molecule has 0 aromatic carbocycles. The van der Waals surface area contributed by atoms with E-state index in [1.54, 1.807) is 11.8 Å². The van der Waals surface area contributed by atoms with Gasteiger partial charge in [0.15, 0.2) is 0 Å². The lowest BCUT2D eigenvalue weighted by Gasteiger charge is -2.44. The molecule has 2 fully saturated rings. The standard InChI is InChI=1S/C14H24N2O3/c1-4-9(2)12-14(18)16(10(3)13(17)15-12)11-6-5-7-19-8-11/h9-12H,4-8H2,1-3H3,(H,15,17). The fourth-order valence-electron chi connectivity index (χ4n) is 2.87. The highest BCUT2D eigenvalue weighted by Crippen LogP contribution is 2.23. The van der Waals surface area contributed by atoms with E-state index in [2.05, 4.69) is 5.32 Å². The second-order valence-corrected chi connectivity index (χ2v) is 5.66. The van der Waals surface area contributed by atoms with E-state index in [4.69, 9.17) is 4.74 Å². The average molecular weight is 268 g/mol. The molecule has 0 aromatic heterocycles. The summed E-state index contributed by atoms with van der Waals surface area (Å²) < 4.78 is 5.46. The number of hydrogen-bond acceptors (Lipinski definition) is 3. The molecule has 19 heavy (non-hydrogen) atoms. The molecule has 4 atom stereocenters. The van der Waals surface area contributed by atoms with Crippen molar-refractivity contribution in [3.05, 3.63) is 0 Å².